The largest absolute Gasteiger partial charge is 0.488 e. The molecule has 0 atom stereocenters. The molecule has 6 heteroatoms. The number of nitrogens with zero attached hydrogens (tertiary/aromatic N) is 1. The van der Waals surface area contributed by atoms with Gasteiger partial charge in [-0.05, 0) is 42.0 Å². The minimum absolute atomic E-state index is 0.162. The molecular formula is C23H18Cl2N2O2. The van der Waals surface area contributed by atoms with Crippen molar-refractivity contribution >= 4 is 45.7 Å². The number of fused-ring (bicyclic) bond motifs is 1. The lowest BCUT2D eigenvalue weighted by molar-refractivity contribution is -0.116. The van der Waals surface area contributed by atoms with Crippen molar-refractivity contribution in [3.8, 4) is 5.75 Å². The van der Waals surface area contributed by atoms with Crippen LogP contribution in [0.1, 0.15) is 5.56 Å². The Hall–Kier alpha value is -2.95. The number of hydrogen-bond acceptors (Lipinski definition) is 2. The van der Waals surface area contributed by atoms with Gasteiger partial charge in [-0.25, -0.2) is 0 Å². The van der Waals surface area contributed by atoms with Crippen LogP contribution in [-0.2, 0) is 17.9 Å². The van der Waals surface area contributed by atoms with Crippen molar-refractivity contribution in [2.75, 3.05) is 5.32 Å². The van der Waals surface area contributed by atoms with Crippen molar-refractivity contribution in [3.05, 3.63) is 94.6 Å². The monoisotopic (exact) mass is 424 g/mol. The Bertz CT molecular complexity index is 1140. The summed E-state index contributed by atoms with van der Waals surface area (Å²) in [5.41, 5.74) is 2.59. The Kier molecular flexibility index (Phi) is 5.74. The van der Waals surface area contributed by atoms with Crippen LogP contribution in [-0.4, -0.2) is 10.5 Å². The van der Waals surface area contributed by atoms with E-state index in [1.165, 1.54) is 0 Å². The van der Waals surface area contributed by atoms with Gasteiger partial charge in [-0.2, -0.15) is 0 Å². The number of aromatic nitrogens is 1. The van der Waals surface area contributed by atoms with Gasteiger partial charge in [-0.1, -0.05) is 59.6 Å². The van der Waals surface area contributed by atoms with Crippen molar-refractivity contribution in [2.45, 2.75) is 13.2 Å². The zero-order chi connectivity index (χ0) is 20.2. The molecule has 0 aliphatic heterocycles. The maximum absolute atomic E-state index is 12.5. The number of benzene rings is 3. The van der Waals surface area contributed by atoms with E-state index in [1.54, 1.807) is 18.2 Å². The van der Waals surface area contributed by atoms with E-state index in [4.69, 9.17) is 27.9 Å². The van der Waals surface area contributed by atoms with E-state index >= 15 is 0 Å². The first-order chi connectivity index (χ1) is 14.1. The van der Waals surface area contributed by atoms with Crippen LogP contribution in [0.5, 0.6) is 5.75 Å². The van der Waals surface area contributed by atoms with Crippen LogP contribution in [0.2, 0.25) is 10.0 Å². The van der Waals surface area contributed by atoms with Gasteiger partial charge in [0.1, 0.15) is 18.9 Å². The molecule has 0 saturated carbocycles. The highest BCUT2D eigenvalue weighted by atomic mass is 35.5. The van der Waals surface area contributed by atoms with Gasteiger partial charge >= 0.3 is 0 Å². The average molecular weight is 425 g/mol. The van der Waals surface area contributed by atoms with Crippen molar-refractivity contribution in [1.82, 2.24) is 4.57 Å². The first-order valence-corrected chi connectivity index (χ1v) is 9.84. The predicted octanol–water partition coefficient (Wildman–Crippen LogP) is 6.17. The topological polar surface area (TPSA) is 43.3 Å². The third-order valence-electron chi connectivity index (χ3n) is 4.47. The molecule has 3 aromatic carbocycles. The summed E-state index contributed by atoms with van der Waals surface area (Å²) in [6.07, 6.45) is 1.88. The fourth-order valence-electron chi connectivity index (χ4n) is 3.18. The number of nitrogens with one attached hydrogen (secondary N) is 1. The van der Waals surface area contributed by atoms with Gasteiger partial charge in [0.15, 0.2) is 0 Å². The first-order valence-electron chi connectivity index (χ1n) is 9.09. The lowest BCUT2D eigenvalue weighted by atomic mass is 10.2. The number of rotatable bonds is 6. The number of amides is 1. The molecule has 1 amide bonds. The Morgan fingerprint density at radius 2 is 1.69 bits per heavy atom. The highest BCUT2D eigenvalue weighted by Gasteiger charge is 2.11. The Labute approximate surface area is 178 Å². The molecule has 1 heterocycles. The standard InChI is InChI=1S/C23H18Cl2N2O2/c24-17-11-18(25)13-19(12-17)26-23(28)14-27-10-9-20-21(27)7-4-8-22(20)29-15-16-5-2-1-3-6-16/h1-13H,14-15H2,(H,26,28). The summed E-state index contributed by atoms with van der Waals surface area (Å²) >= 11 is 12.0. The lowest BCUT2D eigenvalue weighted by Crippen LogP contribution is -2.18. The van der Waals surface area contributed by atoms with Gasteiger partial charge in [0.25, 0.3) is 0 Å². The van der Waals surface area contributed by atoms with Crippen LogP contribution < -0.4 is 10.1 Å². The first kappa shape index (κ1) is 19.4. The number of carbonyl (C=O) groups is 1. The third-order valence-corrected chi connectivity index (χ3v) is 4.91. The number of anilines is 1. The molecule has 0 bridgehead atoms. The van der Waals surface area contributed by atoms with E-state index in [0.29, 0.717) is 22.3 Å². The molecule has 0 aliphatic carbocycles. The number of halogens is 2. The maximum Gasteiger partial charge on any atom is 0.244 e. The number of hydrogen-bond donors (Lipinski definition) is 1. The zero-order valence-electron chi connectivity index (χ0n) is 15.4. The second-order valence-electron chi connectivity index (χ2n) is 6.61. The Balaban J connectivity index is 1.49. The highest BCUT2D eigenvalue weighted by Crippen LogP contribution is 2.28. The van der Waals surface area contributed by atoms with Crippen molar-refractivity contribution in [2.24, 2.45) is 0 Å². The molecule has 0 unspecified atom stereocenters. The molecule has 4 aromatic rings. The summed E-state index contributed by atoms with van der Waals surface area (Å²) in [7, 11) is 0. The van der Waals surface area contributed by atoms with E-state index in [0.717, 1.165) is 22.2 Å². The minimum Gasteiger partial charge on any atom is -0.488 e. The average Bonchev–Trinajstić information content (AvgIpc) is 3.09. The van der Waals surface area contributed by atoms with E-state index < -0.39 is 0 Å². The maximum atomic E-state index is 12.5. The van der Waals surface area contributed by atoms with Gasteiger partial charge in [0, 0.05) is 27.3 Å². The summed E-state index contributed by atoms with van der Waals surface area (Å²) in [5.74, 6) is 0.614. The molecule has 29 heavy (non-hydrogen) atoms. The summed E-state index contributed by atoms with van der Waals surface area (Å²) in [6.45, 7) is 0.650. The molecule has 0 saturated heterocycles. The lowest BCUT2D eigenvalue weighted by Gasteiger charge is -2.10. The van der Waals surface area contributed by atoms with E-state index in [9.17, 15) is 4.79 Å². The minimum atomic E-state index is -0.170. The molecule has 4 nitrogen and oxygen atoms in total. The molecule has 146 valence electrons. The highest BCUT2D eigenvalue weighted by molar-refractivity contribution is 6.35. The third kappa shape index (κ3) is 4.73. The summed E-state index contributed by atoms with van der Waals surface area (Å²) < 4.78 is 7.88. The number of carbonyl (C=O) groups excluding carboxylic acids is 1. The second-order valence-corrected chi connectivity index (χ2v) is 7.49. The van der Waals surface area contributed by atoms with Crippen LogP contribution in [0.4, 0.5) is 5.69 Å². The van der Waals surface area contributed by atoms with Gasteiger partial charge in [-0.3, -0.25) is 4.79 Å². The summed E-state index contributed by atoms with van der Waals surface area (Å²) in [4.78, 5) is 12.5. The summed E-state index contributed by atoms with van der Waals surface area (Å²) in [5, 5.41) is 4.73. The molecule has 0 fully saturated rings. The van der Waals surface area contributed by atoms with E-state index in [2.05, 4.69) is 5.32 Å². The number of ether oxygens (including phenoxy) is 1. The van der Waals surface area contributed by atoms with Gasteiger partial charge in [-0.15, -0.1) is 0 Å². The Morgan fingerprint density at radius 1 is 0.931 bits per heavy atom. The molecule has 0 radical (unpaired) electrons. The van der Waals surface area contributed by atoms with Gasteiger partial charge in [0.2, 0.25) is 5.91 Å². The molecule has 1 aromatic heterocycles. The quantitative estimate of drug-likeness (QED) is 0.402. The molecule has 0 aliphatic rings. The second kappa shape index (κ2) is 8.60. The molecule has 0 spiro atoms. The fraction of sp³-hybridized carbons (Fsp3) is 0.0870. The van der Waals surface area contributed by atoms with Crippen LogP contribution in [0.15, 0.2) is 79.0 Å². The molecular weight excluding hydrogens is 407 g/mol. The van der Waals surface area contributed by atoms with Gasteiger partial charge in [0.05, 0.1) is 5.52 Å². The SMILES string of the molecule is O=C(Cn1ccc2c(OCc3ccccc3)cccc21)Nc1cc(Cl)cc(Cl)c1. The fourth-order valence-corrected chi connectivity index (χ4v) is 3.70. The zero-order valence-corrected chi connectivity index (χ0v) is 17.0. The smallest absolute Gasteiger partial charge is 0.244 e. The van der Waals surface area contributed by atoms with Crippen LogP contribution >= 0.6 is 23.2 Å². The van der Waals surface area contributed by atoms with E-state index in [-0.39, 0.29) is 12.5 Å². The van der Waals surface area contributed by atoms with E-state index in [1.807, 2.05) is 65.4 Å². The van der Waals surface area contributed by atoms with Gasteiger partial charge < -0.3 is 14.6 Å². The summed E-state index contributed by atoms with van der Waals surface area (Å²) in [6, 6.07) is 22.7. The molecule has 1 N–H and O–H groups in total. The van der Waals surface area contributed by atoms with Crippen molar-refractivity contribution in [3.63, 3.8) is 0 Å². The Morgan fingerprint density at radius 3 is 2.45 bits per heavy atom. The van der Waals surface area contributed by atoms with Crippen molar-refractivity contribution < 1.29 is 9.53 Å². The van der Waals surface area contributed by atoms with Crippen LogP contribution in [0, 0.1) is 0 Å². The normalized spacial score (nSPS) is 10.8. The van der Waals surface area contributed by atoms with Crippen LogP contribution in [0.3, 0.4) is 0 Å². The van der Waals surface area contributed by atoms with Crippen molar-refractivity contribution in [1.29, 1.82) is 0 Å². The van der Waals surface area contributed by atoms with Crippen LogP contribution in [0.25, 0.3) is 10.9 Å². The predicted molar refractivity (Wildman–Crippen MR) is 118 cm³/mol. The molecule has 4 rings (SSSR count).